The average Bonchev–Trinajstić information content (AvgIpc) is 3.16. The highest BCUT2D eigenvalue weighted by Gasteiger charge is 2.19. The van der Waals surface area contributed by atoms with Crippen molar-refractivity contribution in [3.63, 3.8) is 0 Å². The lowest BCUT2D eigenvalue weighted by Crippen LogP contribution is -2.23. The molecule has 2 aromatic carbocycles. The van der Waals surface area contributed by atoms with Gasteiger partial charge in [-0.3, -0.25) is 9.36 Å². The Labute approximate surface area is 161 Å². The van der Waals surface area contributed by atoms with Crippen LogP contribution in [0, 0.1) is 11.3 Å². The Hall–Kier alpha value is -3.31. The van der Waals surface area contributed by atoms with Crippen molar-refractivity contribution in [2.45, 2.75) is 17.3 Å². The van der Waals surface area contributed by atoms with Gasteiger partial charge in [-0.2, -0.15) is 5.26 Å². The molecule has 1 amide bonds. The fourth-order valence-electron chi connectivity index (χ4n) is 2.38. The third-order valence-corrected chi connectivity index (χ3v) is 4.86. The van der Waals surface area contributed by atoms with Gasteiger partial charge in [0, 0.05) is 6.07 Å². The molecular formula is C19H17N5O2S. The van der Waals surface area contributed by atoms with Gasteiger partial charge >= 0.3 is 0 Å². The Balaban J connectivity index is 1.75. The molecule has 0 aliphatic rings. The molecule has 8 heteroatoms. The highest BCUT2D eigenvalue weighted by molar-refractivity contribution is 8.00. The van der Waals surface area contributed by atoms with Gasteiger partial charge in [0.2, 0.25) is 5.91 Å². The molecule has 27 heavy (non-hydrogen) atoms. The summed E-state index contributed by atoms with van der Waals surface area (Å²) < 4.78 is 7.04. The van der Waals surface area contributed by atoms with Gasteiger partial charge in [-0.25, -0.2) is 0 Å². The van der Waals surface area contributed by atoms with Crippen LogP contribution in [0.1, 0.15) is 12.5 Å². The molecule has 7 nitrogen and oxygen atoms in total. The molecule has 136 valence electrons. The zero-order valence-corrected chi connectivity index (χ0v) is 15.6. The van der Waals surface area contributed by atoms with Gasteiger partial charge in [0.05, 0.1) is 29.3 Å². The number of thioether (sulfide) groups is 1. The summed E-state index contributed by atoms with van der Waals surface area (Å²) in [6, 6.07) is 16.4. The number of carbonyl (C=O) groups excluding carboxylic acids is 1. The van der Waals surface area contributed by atoms with Crippen LogP contribution in [0.3, 0.4) is 0 Å². The highest BCUT2D eigenvalue weighted by Crippen LogP contribution is 2.26. The first-order valence-electron chi connectivity index (χ1n) is 8.13. The Morgan fingerprint density at radius 1 is 1.30 bits per heavy atom. The van der Waals surface area contributed by atoms with E-state index in [9.17, 15) is 4.79 Å². The third kappa shape index (κ3) is 4.27. The number of aromatic nitrogens is 3. The Bertz CT molecular complexity index is 996. The minimum absolute atomic E-state index is 0.220. The monoisotopic (exact) mass is 379 g/mol. The van der Waals surface area contributed by atoms with Crippen LogP contribution in [0.2, 0.25) is 0 Å². The summed E-state index contributed by atoms with van der Waals surface area (Å²) >= 11 is 1.28. The molecule has 3 rings (SSSR count). The van der Waals surface area contributed by atoms with Crippen molar-refractivity contribution < 1.29 is 9.53 Å². The number of para-hydroxylation sites is 1. The van der Waals surface area contributed by atoms with Crippen LogP contribution >= 0.6 is 11.8 Å². The Morgan fingerprint density at radius 3 is 2.89 bits per heavy atom. The topological polar surface area (TPSA) is 92.8 Å². The first kappa shape index (κ1) is 18.5. The van der Waals surface area contributed by atoms with Crippen molar-refractivity contribution in [2.75, 3.05) is 12.4 Å². The largest absolute Gasteiger partial charge is 0.497 e. The summed E-state index contributed by atoms with van der Waals surface area (Å²) in [7, 11) is 1.60. The standard InChI is InChI=1S/C19H17N5O2S/c1-13(18(25)22-17-9-4-3-6-14(17)11-20)27-19-23-21-12-24(19)15-7-5-8-16(10-15)26-2/h3-10,12-13H,1-2H3,(H,22,25)/t13-/m1/s1. The van der Waals surface area contributed by atoms with Crippen LogP contribution in [0.4, 0.5) is 5.69 Å². The maximum Gasteiger partial charge on any atom is 0.237 e. The van der Waals surface area contributed by atoms with Gasteiger partial charge < -0.3 is 10.1 Å². The smallest absolute Gasteiger partial charge is 0.237 e. The fraction of sp³-hybridized carbons (Fsp3) is 0.158. The maximum atomic E-state index is 12.5. The number of ether oxygens (including phenoxy) is 1. The van der Waals surface area contributed by atoms with E-state index in [0.29, 0.717) is 16.4 Å². The van der Waals surface area contributed by atoms with E-state index in [-0.39, 0.29) is 5.91 Å². The normalized spacial score (nSPS) is 11.4. The Morgan fingerprint density at radius 2 is 2.11 bits per heavy atom. The van der Waals surface area contributed by atoms with E-state index in [4.69, 9.17) is 10.00 Å². The minimum atomic E-state index is -0.440. The molecule has 1 heterocycles. The molecule has 3 aromatic rings. The number of amides is 1. The molecule has 0 unspecified atom stereocenters. The molecule has 1 aromatic heterocycles. The highest BCUT2D eigenvalue weighted by atomic mass is 32.2. The Kier molecular flexibility index (Phi) is 5.74. The summed E-state index contributed by atoms with van der Waals surface area (Å²) in [6.07, 6.45) is 1.59. The van der Waals surface area contributed by atoms with Crippen LogP contribution in [-0.2, 0) is 4.79 Å². The van der Waals surface area contributed by atoms with Crippen LogP contribution in [0.15, 0.2) is 60.0 Å². The lowest BCUT2D eigenvalue weighted by atomic mass is 10.2. The van der Waals surface area contributed by atoms with Gasteiger partial charge in [0.25, 0.3) is 0 Å². The minimum Gasteiger partial charge on any atom is -0.497 e. The van der Waals surface area contributed by atoms with Crippen molar-refractivity contribution in [3.05, 3.63) is 60.4 Å². The summed E-state index contributed by atoms with van der Waals surface area (Å²) in [5, 5.41) is 20.1. The molecule has 0 saturated heterocycles. The summed E-state index contributed by atoms with van der Waals surface area (Å²) in [4.78, 5) is 12.5. The molecule has 0 aliphatic heterocycles. The number of hydrogen-bond acceptors (Lipinski definition) is 6. The van der Waals surface area contributed by atoms with Gasteiger partial charge in [-0.1, -0.05) is 30.0 Å². The fourth-order valence-corrected chi connectivity index (χ4v) is 3.22. The number of benzene rings is 2. The van der Waals surface area contributed by atoms with Crippen LogP contribution < -0.4 is 10.1 Å². The van der Waals surface area contributed by atoms with E-state index in [1.165, 1.54) is 11.8 Å². The zero-order chi connectivity index (χ0) is 19.2. The second-order valence-corrected chi connectivity index (χ2v) is 6.90. The average molecular weight is 379 g/mol. The summed E-state index contributed by atoms with van der Waals surface area (Å²) in [5.74, 6) is 0.499. The lowest BCUT2D eigenvalue weighted by molar-refractivity contribution is -0.115. The summed E-state index contributed by atoms with van der Waals surface area (Å²) in [5.41, 5.74) is 1.75. The molecule has 1 atom stereocenters. The predicted molar refractivity (Wildman–Crippen MR) is 103 cm³/mol. The van der Waals surface area contributed by atoms with Gasteiger partial charge in [0.15, 0.2) is 5.16 Å². The quantitative estimate of drug-likeness (QED) is 0.661. The maximum absolute atomic E-state index is 12.5. The predicted octanol–water partition coefficient (Wildman–Crippen LogP) is 3.27. The SMILES string of the molecule is COc1cccc(-n2cnnc2S[C@H](C)C(=O)Nc2ccccc2C#N)c1. The van der Waals surface area contributed by atoms with Crippen LogP contribution in [0.5, 0.6) is 5.75 Å². The van der Waals surface area contributed by atoms with E-state index < -0.39 is 5.25 Å². The van der Waals surface area contributed by atoms with Crippen molar-refractivity contribution >= 4 is 23.4 Å². The molecule has 0 bridgehead atoms. The number of anilines is 1. The molecular weight excluding hydrogens is 362 g/mol. The van der Waals surface area contributed by atoms with E-state index in [1.54, 1.807) is 49.2 Å². The number of methoxy groups -OCH3 is 1. The number of nitrogens with zero attached hydrogens (tertiary/aromatic N) is 4. The molecule has 0 fully saturated rings. The van der Waals surface area contributed by atoms with Crippen LogP contribution in [0.25, 0.3) is 5.69 Å². The first-order chi connectivity index (χ1) is 13.1. The van der Waals surface area contributed by atoms with Gasteiger partial charge in [0.1, 0.15) is 18.1 Å². The van der Waals surface area contributed by atoms with Crippen molar-refractivity contribution in [3.8, 4) is 17.5 Å². The first-order valence-corrected chi connectivity index (χ1v) is 9.01. The van der Waals surface area contributed by atoms with Crippen molar-refractivity contribution in [1.82, 2.24) is 14.8 Å². The van der Waals surface area contributed by atoms with E-state index in [1.807, 2.05) is 24.3 Å². The van der Waals surface area contributed by atoms with E-state index in [0.717, 1.165) is 11.4 Å². The van der Waals surface area contributed by atoms with Gasteiger partial charge in [-0.15, -0.1) is 10.2 Å². The molecule has 0 saturated carbocycles. The number of nitriles is 1. The van der Waals surface area contributed by atoms with E-state index >= 15 is 0 Å². The van der Waals surface area contributed by atoms with Crippen LogP contribution in [-0.4, -0.2) is 33.0 Å². The lowest BCUT2D eigenvalue weighted by Gasteiger charge is -2.13. The van der Waals surface area contributed by atoms with Crippen molar-refractivity contribution in [1.29, 1.82) is 5.26 Å². The number of carbonyl (C=O) groups is 1. The number of rotatable bonds is 6. The third-order valence-electron chi connectivity index (χ3n) is 3.80. The van der Waals surface area contributed by atoms with Gasteiger partial charge in [-0.05, 0) is 31.2 Å². The summed E-state index contributed by atoms with van der Waals surface area (Å²) in [6.45, 7) is 1.78. The van der Waals surface area contributed by atoms with E-state index in [2.05, 4.69) is 21.6 Å². The zero-order valence-electron chi connectivity index (χ0n) is 14.8. The molecule has 1 N–H and O–H groups in total. The molecule has 0 spiro atoms. The second kappa shape index (κ2) is 8.38. The second-order valence-electron chi connectivity index (χ2n) is 5.59. The molecule has 0 radical (unpaired) electrons. The number of hydrogen-bond donors (Lipinski definition) is 1. The molecule has 0 aliphatic carbocycles. The van der Waals surface area contributed by atoms with Crippen molar-refractivity contribution in [2.24, 2.45) is 0 Å². The number of nitrogens with one attached hydrogen (secondary N) is 1.